The molecule has 0 heterocycles. The average Bonchev–Trinajstić information content (AvgIpc) is 2.38. The summed E-state index contributed by atoms with van der Waals surface area (Å²) in [5, 5.41) is 0. The summed E-state index contributed by atoms with van der Waals surface area (Å²) in [6.45, 7) is 2.74. The maximum atomic E-state index is 5.75. The molecule has 0 aliphatic carbocycles. The van der Waals surface area contributed by atoms with Crippen LogP contribution in [-0.2, 0) is 4.74 Å². The molecule has 4 nitrogen and oxygen atoms in total. The molecule has 1 aromatic rings. The van der Waals surface area contributed by atoms with Crippen LogP contribution in [0.25, 0.3) is 0 Å². The number of nitrogens with two attached hydrogens (primary N) is 1. The zero-order valence-electron chi connectivity index (χ0n) is 10.6. The Hall–Kier alpha value is -1.10. The quantitative estimate of drug-likeness (QED) is 0.733. The molecule has 1 aromatic carbocycles. The van der Waals surface area contributed by atoms with Gasteiger partial charge in [0.05, 0.1) is 12.6 Å². The van der Waals surface area contributed by atoms with Gasteiger partial charge < -0.3 is 15.2 Å². The molecule has 1 unspecified atom stereocenters. The average molecular weight is 238 g/mol. The number of likely N-dealkylation sites (N-methyl/N-ethyl adjacent to an activating group) is 1. The van der Waals surface area contributed by atoms with Crippen LogP contribution in [0.5, 0.6) is 5.75 Å². The SMILES string of the molecule is COCCN(C)C(CN)COc1ccccc1. The van der Waals surface area contributed by atoms with Crippen LogP contribution in [-0.4, -0.2) is 51.4 Å². The fourth-order valence-corrected chi connectivity index (χ4v) is 1.50. The molecule has 0 saturated heterocycles. The van der Waals surface area contributed by atoms with Crippen molar-refractivity contribution in [2.24, 2.45) is 5.73 Å². The van der Waals surface area contributed by atoms with Crippen molar-refractivity contribution in [1.82, 2.24) is 4.90 Å². The minimum Gasteiger partial charge on any atom is -0.492 e. The number of nitrogens with zero attached hydrogens (tertiary/aromatic N) is 1. The first-order valence-corrected chi connectivity index (χ1v) is 5.85. The molecular formula is C13H22N2O2. The molecule has 2 N–H and O–H groups in total. The molecule has 17 heavy (non-hydrogen) atoms. The summed E-state index contributed by atoms with van der Waals surface area (Å²) in [5.41, 5.74) is 5.75. The van der Waals surface area contributed by atoms with Crippen LogP contribution in [0.15, 0.2) is 30.3 Å². The predicted molar refractivity (Wildman–Crippen MR) is 69.3 cm³/mol. The third-order valence-corrected chi connectivity index (χ3v) is 2.73. The number of para-hydroxylation sites is 1. The van der Waals surface area contributed by atoms with Crippen LogP contribution in [0.3, 0.4) is 0 Å². The standard InChI is InChI=1S/C13H22N2O2/c1-15(8-9-16-2)12(10-14)11-17-13-6-4-3-5-7-13/h3-7,12H,8-11,14H2,1-2H3. The summed E-state index contributed by atoms with van der Waals surface area (Å²) in [4.78, 5) is 2.16. The summed E-state index contributed by atoms with van der Waals surface area (Å²) >= 11 is 0. The van der Waals surface area contributed by atoms with Crippen LogP contribution in [0, 0.1) is 0 Å². The van der Waals surface area contributed by atoms with Crippen molar-refractivity contribution < 1.29 is 9.47 Å². The lowest BCUT2D eigenvalue weighted by Crippen LogP contribution is -2.43. The monoisotopic (exact) mass is 238 g/mol. The fraction of sp³-hybridized carbons (Fsp3) is 0.538. The zero-order valence-corrected chi connectivity index (χ0v) is 10.6. The third kappa shape index (κ3) is 5.17. The number of hydrogen-bond acceptors (Lipinski definition) is 4. The van der Waals surface area contributed by atoms with E-state index in [1.807, 2.05) is 37.4 Å². The lowest BCUT2D eigenvalue weighted by atomic mass is 10.2. The van der Waals surface area contributed by atoms with Gasteiger partial charge in [-0.1, -0.05) is 18.2 Å². The Morgan fingerprint density at radius 1 is 1.29 bits per heavy atom. The molecule has 0 bridgehead atoms. The Morgan fingerprint density at radius 3 is 2.59 bits per heavy atom. The van der Waals surface area contributed by atoms with Gasteiger partial charge in [0.15, 0.2) is 0 Å². The van der Waals surface area contributed by atoms with E-state index in [0.29, 0.717) is 19.8 Å². The van der Waals surface area contributed by atoms with Crippen LogP contribution < -0.4 is 10.5 Å². The summed E-state index contributed by atoms with van der Waals surface area (Å²) in [7, 11) is 3.73. The highest BCUT2D eigenvalue weighted by Crippen LogP contribution is 2.09. The van der Waals surface area contributed by atoms with E-state index < -0.39 is 0 Å². The van der Waals surface area contributed by atoms with E-state index in [-0.39, 0.29) is 6.04 Å². The van der Waals surface area contributed by atoms with Crippen LogP contribution >= 0.6 is 0 Å². The first kappa shape index (κ1) is 14.0. The van der Waals surface area contributed by atoms with Crippen LogP contribution in [0.1, 0.15) is 0 Å². The number of hydrogen-bond donors (Lipinski definition) is 1. The van der Waals surface area contributed by atoms with Gasteiger partial charge in [-0.2, -0.15) is 0 Å². The molecule has 0 aliphatic rings. The van der Waals surface area contributed by atoms with E-state index in [2.05, 4.69) is 4.90 Å². The molecule has 4 heteroatoms. The first-order valence-electron chi connectivity index (χ1n) is 5.85. The lowest BCUT2D eigenvalue weighted by molar-refractivity contribution is 0.116. The van der Waals surface area contributed by atoms with Gasteiger partial charge in [-0.15, -0.1) is 0 Å². The van der Waals surface area contributed by atoms with Crippen molar-refractivity contribution in [3.05, 3.63) is 30.3 Å². The predicted octanol–water partition coefficient (Wildman–Crippen LogP) is 0.971. The maximum absolute atomic E-state index is 5.75. The summed E-state index contributed by atoms with van der Waals surface area (Å²) in [6.07, 6.45) is 0. The second-order valence-corrected chi connectivity index (χ2v) is 3.99. The molecule has 0 aromatic heterocycles. The normalized spacial score (nSPS) is 12.7. The number of benzene rings is 1. The molecule has 0 saturated carbocycles. The van der Waals surface area contributed by atoms with Crippen molar-refractivity contribution in [1.29, 1.82) is 0 Å². The largest absolute Gasteiger partial charge is 0.492 e. The van der Waals surface area contributed by atoms with Crippen molar-refractivity contribution in [3.63, 3.8) is 0 Å². The Kier molecular flexibility index (Phi) is 6.62. The maximum Gasteiger partial charge on any atom is 0.119 e. The highest BCUT2D eigenvalue weighted by molar-refractivity contribution is 5.20. The molecular weight excluding hydrogens is 216 g/mol. The molecule has 1 rings (SSSR count). The van der Waals surface area contributed by atoms with Crippen molar-refractivity contribution in [3.8, 4) is 5.75 Å². The van der Waals surface area contributed by atoms with Crippen LogP contribution in [0.4, 0.5) is 0 Å². The van der Waals surface area contributed by atoms with E-state index >= 15 is 0 Å². The van der Waals surface area contributed by atoms with Gasteiger partial charge in [0.1, 0.15) is 12.4 Å². The van der Waals surface area contributed by atoms with Gasteiger partial charge in [-0.3, -0.25) is 4.90 Å². The summed E-state index contributed by atoms with van der Waals surface area (Å²) < 4.78 is 10.7. The van der Waals surface area contributed by atoms with Crippen molar-refractivity contribution in [2.75, 3.05) is 40.5 Å². The van der Waals surface area contributed by atoms with Crippen LogP contribution in [0.2, 0.25) is 0 Å². The fourth-order valence-electron chi connectivity index (χ4n) is 1.50. The molecule has 1 atom stereocenters. The minimum atomic E-state index is 0.213. The molecule has 0 amide bonds. The molecule has 0 radical (unpaired) electrons. The second kappa shape index (κ2) is 8.06. The lowest BCUT2D eigenvalue weighted by Gasteiger charge is -2.26. The smallest absolute Gasteiger partial charge is 0.119 e. The van der Waals surface area contributed by atoms with Gasteiger partial charge in [0.2, 0.25) is 0 Å². The topological polar surface area (TPSA) is 47.7 Å². The van der Waals surface area contributed by atoms with Gasteiger partial charge in [0, 0.05) is 20.2 Å². The molecule has 0 fully saturated rings. The first-order chi connectivity index (χ1) is 8.27. The van der Waals surface area contributed by atoms with E-state index in [4.69, 9.17) is 15.2 Å². The van der Waals surface area contributed by atoms with E-state index in [1.54, 1.807) is 7.11 Å². The Balaban J connectivity index is 2.36. The van der Waals surface area contributed by atoms with Gasteiger partial charge >= 0.3 is 0 Å². The van der Waals surface area contributed by atoms with E-state index in [0.717, 1.165) is 12.3 Å². The number of methoxy groups -OCH3 is 1. The minimum absolute atomic E-state index is 0.213. The summed E-state index contributed by atoms with van der Waals surface area (Å²) in [6, 6.07) is 10.00. The van der Waals surface area contributed by atoms with E-state index in [9.17, 15) is 0 Å². The van der Waals surface area contributed by atoms with Gasteiger partial charge in [-0.05, 0) is 19.2 Å². The second-order valence-electron chi connectivity index (χ2n) is 3.99. The molecule has 0 aliphatic heterocycles. The Bertz CT molecular complexity index is 293. The Labute approximate surface area is 103 Å². The molecule has 0 spiro atoms. The number of rotatable bonds is 8. The summed E-state index contributed by atoms with van der Waals surface area (Å²) in [5.74, 6) is 0.881. The highest BCUT2D eigenvalue weighted by atomic mass is 16.5. The number of ether oxygens (including phenoxy) is 2. The zero-order chi connectivity index (χ0) is 12.5. The highest BCUT2D eigenvalue weighted by Gasteiger charge is 2.13. The van der Waals surface area contributed by atoms with Crippen molar-refractivity contribution >= 4 is 0 Å². The Morgan fingerprint density at radius 2 is 2.00 bits per heavy atom. The van der Waals surface area contributed by atoms with E-state index in [1.165, 1.54) is 0 Å². The third-order valence-electron chi connectivity index (χ3n) is 2.73. The molecule has 96 valence electrons. The van der Waals surface area contributed by atoms with Crippen molar-refractivity contribution in [2.45, 2.75) is 6.04 Å². The van der Waals surface area contributed by atoms with Gasteiger partial charge in [0.25, 0.3) is 0 Å². The van der Waals surface area contributed by atoms with Gasteiger partial charge in [-0.25, -0.2) is 0 Å².